The lowest BCUT2D eigenvalue weighted by Crippen LogP contribution is -2.17. The highest BCUT2D eigenvalue weighted by molar-refractivity contribution is 7.21. The minimum atomic E-state index is -0.657. The molecule has 5 rings (SSSR count). The number of nitrogens with zero attached hydrogens (tertiary/aromatic N) is 5. The van der Waals surface area contributed by atoms with Crippen molar-refractivity contribution >= 4 is 44.4 Å². The lowest BCUT2D eigenvalue weighted by molar-refractivity contribution is 0.138. The van der Waals surface area contributed by atoms with Gasteiger partial charge in [0.25, 0.3) is 0 Å². The maximum absolute atomic E-state index is 12.0. The molecule has 0 aliphatic carbocycles. The zero-order chi connectivity index (χ0) is 26.6. The van der Waals surface area contributed by atoms with Gasteiger partial charge in [-0.05, 0) is 55.3 Å². The number of fused-ring (bicyclic) bond motifs is 2. The van der Waals surface area contributed by atoms with E-state index >= 15 is 0 Å². The van der Waals surface area contributed by atoms with Crippen molar-refractivity contribution in [2.75, 3.05) is 25.6 Å². The van der Waals surface area contributed by atoms with Gasteiger partial charge in [0.1, 0.15) is 30.0 Å². The van der Waals surface area contributed by atoms with Crippen molar-refractivity contribution in [3.05, 3.63) is 65.6 Å². The first-order chi connectivity index (χ1) is 18.4. The zero-order valence-electron chi connectivity index (χ0n) is 20.8. The van der Waals surface area contributed by atoms with E-state index in [-0.39, 0.29) is 13.2 Å². The molecule has 0 aliphatic rings. The molecule has 1 N–H and O–H groups in total. The van der Waals surface area contributed by atoms with Gasteiger partial charge < -0.3 is 14.2 Å². The number of hydrogen-bond donors (Lipinski definition) is 1. The van der Waals surface area contributed by atoms with E-state index in [4.69, 9.17) is 24.5 Å². The molecule has 0 radical (unpaired) electrons. The quantitative estimate of drug-likeness (QED) is 0.276. The maximum Gasteiger partial charge on any atom is 0.411 e. The SMILES string of the molecule is COc1cnc2c(-c3nc4c(C)cc(OCCOC(=O)Nc5cncc(C#N)c5)cc4s3)cc(C)cc2n1. The van der Waals surface area contributed by atoms with Crippen LogP contribution in [-0.4, -0.2) is 46.4 Å². The van der Waals surface area contributed by atoms with Crippen molar-refractivity contribution in [3.8, 4) is 28.3 Å². The largest absolute Gasteiger partial charge is 0.490 e. The average Bonchev–Trinajstić information content (AvgIpc) is 3.35. The number of aryl methyl sites for hydroxylation is 2. The molecule has 11 heteroatoms. The van der Waals surface area contributed by atoms with Crippen molar-refractivity contribution in [1.29, 1.82) is 5.26 Å². The van der Waals surface area contributed by atoms with Gasteiger partial charge in [0.15, 0.2) is 0 Å². The first kappa shape index (κ1) is 24.9. The summed E-state index contributed by atoms with van der Waals surface area (Å²) in [5.41, 5.74) is 6.04. The molecule has 5 aromatic rings. The number of nitriles is 1. The van der Waals surface area contributed by atoms with E-state index in [0.29, 0.717) is 22.9 Å². The number of methoxy groups -OCH3 is 1. The molecule has 0 saturated heterocycles. The molecule has 0 fully saturated rings. The number of benzene rings is 2. The molecular formula is C27H22N6O4S. The molecular weight excluding hydrogens is 504 g/mol. The number of nitrogens with one attached hydrogen (secondary N) is 1. The van der Waals surface area contributed by atoms with Gasteiger partial charge in [0.2, 0.25) is 5.88 Å². The number of thiazole rings is 1. The predicted octanol–water partition coefficient (Wildman–Crippen LogP) is 5.43. The lowest BCUT2D eigenvalue weighted by atomic mass is 10.1. The smallest absolute Gasteiger partial charge is 0.411 e. The second-order valence-corrected chi connectivity index (χ2v) is 9.41. The van der Waals surface area contributed by atoms with Crippen LogP contribution in [0.1, 0.15) is 16.7 Å². The van der Waals surface area contributed by atoms with E-state index in [9.17, 15) is 4.79 Å². The fourth-order valence-corrected chi connectivity index (χ4v) is 4.98. The Morgan fingerprint density at radius 3 is 2.74 bits per heavy atom. The number of ether oxygens (including phenoxy) is 3. The number of anilines is 1. The number of hydrogen-bond acceptors (Lipinski definition) is 10. The Bertz CT molecular complexity index is 1710. The average molecular weight is 527 g/mol. The standard InChI is InChI=1S/C27H22N6O4S/c1-15-6-20(25-21(7-15)32-23(35-3)14-30-25)26-33-24-16(2)8-19(10-22(24)38-26)36-4-5-37-27(34)31-18-9-17(11-28)12-29-13-18/h6-10,12-14H,4-5H2,1-3H3,(H,31,34). The highest BCUT2D eigenvalue weighted by atomic mass is 32.1. The van der Waals surface area contributed by atoms with Gasteiger partial charge in [0, 0.05) is 11.8 Å². The molecule has 10 nitrogen and oxygen atoms in total. The summed E-state index contributed by atoms with van der Waals surface area (Å²) in [5, 5.41) is 12.3. The van der Waals surface area contributed by atoms with Crippen LogP contribution >= 0.6 is 11.3 Å². The number of carbonyl (C=O) groups is 1. The van der Waals surface area contributed by atoms with E-state index in [2.05, 4.69) is 26.3 Å². The summed E-state index contributed by atoms with van der Waals surface area (Å²) in [6.07, 6.45) is 3.79. The molecule has 0 saturated carbocycles. The molecule has 0 aliphatic heterocycles. The third-order valence-corrected chi connectivity index (χ3v) is 6.60. The minimum Gasteiger partial charge on any atom is -0.490 e. The number of amides is 1. The third kappa shape index (κ3) is 5.30. The third-order valence-electron chi connectivity index (χ3n) is 5.57. The molecule has 0 bridgehead atoms. The molecule has 190 valence electrons. The van der Waals surface area contributed by atoms with Crippen molar-refractivity contribution in [2.24, 2.45) is 0 Å². The summed E-state index contributed by atoms with van der Waals surface area (Å²) < 4.78 is 17.2. The Morgan fingerprint density at radius 2 is 1.92 bits per heavy atom. The zero-order valence-corrected chi connectivity index (χ0v) is 21.6. The van der Waals surface area contributed by atoms with Crippen molar-refractivity contribution < 1.29 is 19.0 Å². The summed E-state index contributed by atoms with van der Waals surface area (Å²) in [5.74, 6) is 1.11. The van der Waals surface area contributed by atoms with Crippen LogP contribution in [-0.2, 0) is 4.74 Å². The van der Waals surface area contributed by atoms with E-state index in [1.165, 1.54) is 18.5 Å². The van der Waals surface area contributed by atoms with E-state index < -0.39 is 6.09 Å². The van der Waals surface area contributed by atoms with E-state index in [0.717, 1.165) is 42.9 Å². The van der Waals surface area contributed by atoms with Crippen LogP contribution < -0.4 is 14.8 Å². The number of aromatic nitrogens is 4. The van der Waals surface area contributed by atoms with Gasteiger partial charge in [-0.1, -0.05) is 0 Å². The summed E-state index contributed by atoms with van der Waals surface area (Å²) in [6.45, 7) is 4.20. The van der Waals surface area contributed by atoms with E-state index in [1.807, 2.05) is 38.1 Å². The molecule has 0 atom stereocenters. The van der Waals surface area contributed by atoms with Crippen LogP contribution in [0.3, 0.4) is 0 Å². The Hall–Kier alpha value is -4.82. The fourth-order valence-electron chi connectivity index (χ4n) is 3.89. The van der Waals surface area contributed by atoms with Gasteiger partial charge >= 0.3 is 6.09 Å². The molecule has 3 heterocycles. The first-order valence-corrected chi connectivity index (χ1v) is 12.4. The van der Waals surface area contributed by atoms with Gasteiger partial charge in [-0.15, -0.1) is 11.3 Å². The molecule has 0 unspecified atom stereocenters. The maximum atomic E-state index is 12.0. The second kappa shape index (κ2) is 10.7. The van der Waals surface area contributed by atoms with E-state index in [1.54, 1.807) is 24.6 Å². The Morgan fingerprint density at radius 1 is 1.05 bits per heavy atom. The van der Waals surface area contributed by atoms with Crippen molar-refractivity contribution in [1.82, 2.24) is 19.9 Å². The van der Waals surface area contributed by atoms with Crippen LogP contribution in [0.4, 0.5) is 10.5 Å². The summed E-state index contributed by atoms with van der Waals surface area (Å²) in [4.78, 5) is 29.9. The number of carbonyl (C=O) groups excluding carboxylic acids is 1. The highest BCUT2D eigenvalue weighted by Gasteiger charge is 2.15. The first-order valence-electron chi connectivity index (χ1n) is 11.6. The molecule has 38 heavy (non-hydrogen) atoms. The second-order valence-electron chi connectivity index (χ2n) is 8.38. The summed E-state index contributed by atoms with van der Waals surface area (Å²) >= 11 is 1.55. The van der Waals surface area contributed by atoms with Gasteiger partial charge in [-0.2, -0.15) is 5.26 Å². The Kier molecular flexibility index (Phi) is 6.97. The van der Waals surface area contributed by atoms with Gasteiger partial charge in [0.05, 0.1) is 52.0 Å². The normalized spacial score (nSPS) is 10.8. The lowest BCUT2D eigenvalue weighted by Gasteiger charge is -2.09. The topological polar surface area (TPSA) is 132 Å². The summed E-state index contributed by atoms with van der Waals surface area (Å²) in [7, 11) is 1.57. The fraction of sp³-hybridized carbons (Fsp3) is 0.185. The monoisotopic (exact) mass is 526 g/mol. The number of pyridine rings is 1. The van der Waals surface area contributed by atoms with Crippen LogP contribution in [0.5, 0.6) is 11.6 Å². The Labute approximate surface area is 221 Å². The van der Waals surface area contributed by atoms with Gasteiger partial charge in [-0.25, -0.2) is 19.7 Å². The van der Waals surface area contributed by atoms with Crippen LogP contribution in [0.25, 0.3) is 31.8 Å². The highest BCUT2D eigenvalue weighted by Crippen LogP contribution is 2.37. The molecule has 3 aromatic heterocycles. The molecule has 2 aromatic carbocycles. The van der Waals surface area contributed by atoms with Crippen LogP contribution in [0.15, 0.2) is 48.9 Å². The van der Waals surface area contributed by atoms with Crippen molar-refractivity contribution in [3.63, 3.8) is 0 Å². The molecule has 1 amide bonds. The van der Waals surface area contributed by atoms with Crippen LogP contribution in [0, 0.1) is 25.2 Å². The Balaban J connectivity index is 1.28. The predicted molar refractivity (Wildman–Crippen MR) is 144 cm³/mol. The number of rotatable bonds is 7. The van der Waals surface area contributed by atoms with Crippen LogP contribution in [0.2, 0.25) is 0 Å². The van der Waals surface area contributed by atoms with Gasteiger partial charge in [-0.3, -0.25) is 10.3 Å². The van der Waals surface area contributed by atoms with Crippen molar-refractivity contribution in [2.45, 2.75) is 13.8 Å². The summed E-state index contributed by atoms with van der Waals surface area (Å²) in [6, 6.07) is 11.3. The minimum absolute atomic E-state index is 0.0413. The molecule has 0 spiro atoms.